The third-order valence-corrected chi connectivity index (χ3v) is 1.18. The van der Waals surface area contributed by atoms with Crippen molar-refractivity contribution in [2.45, 2.75) is 31.2 Å². The molecule has 2 nitrogen and oxygen atoms in total. The lowest BCUT2D eigenvalue weighted by Gasteiger charge is -2.29. The number of hydrogen-bond donors (Lipinski definition) is 1. The summed E-state index contributed by atoms with van der Waals surface area (Å²) in [7, 11) is 0. The van der Waals surface area contributed by atoms with Gasteiger partial charge in [0.15, 0.2) is 0 Å². The van der Waals surface area contributed by atoms with E-state index in [2.05, 4.69) is 4.74 Å². The Bertz CT molecular complexity index is 202. The number of rotatable bonds is 3. The number of halogens is 8. The molecular formula is C5H4F8O2. The molecule has 0 amide bonds. The number of aliphatic hydroxyl groups is 1. The average molecular weight is 248 g/mol. The molecule has 0 spiro atoms. The Hall–Kier alpha value is -0.640. The van der Waals surface area contributed by atoms with Crippen molar-refractivity contribution in [3.8, 4) is 0 Å². The molecule has 0 rings (SSSR count). The summed E-state index contributed by atoms with van der Waals surface area (Å²) in [6.45, 7) is -0.535. The number of alkyl halides is 8. The molecule has 15 heavy (non-hydrogen) atoms. The van der Waals surface area contributed by atoms with E-state index in [9.17, 15) is 35.1 Å². The molecule has 1 unspecified atom stereocenters. The molecule has 0 aromatic rings. The number of hydrogen-bond acceptors (Lipinski definition) is 2. The zero-order valence-electron chi connectivity index (χ0n) is 6.88. The molecule has 0 aromatic carbocycles. The van der Waals surface area contributed by atoms with Crippen molar-refractivity contribution in [3.63, 3.8) is 0 Å². The molecule has 92 valence electrons. The van der Waals surface area contributed by atoms with Gasteiger partial charge in [-0.05, 0) is 0 Å². The fraction of sp³-hybridized carbons (Fsp3) is 1.00. The highest BCUT2D eigenvalue weighted by Gasteiger charge is 2.66. The van der Waals surface area contributed by atoms with Crippen LogP contribution in [0.2, 0.25) is 0 Å². The van der Waals surface area contributed by atoms with Crippen molar-refractivity contribution in [2.24, 2.45) is 0 Å². The highest BCUT2D eigenvalue weighted by molar-refractivity contribution is 4.76. The fourth-order valence-corrected chi connectivity index (χ4v) is 0.360. The molecule has 0 aliphatic rings. The summed E-state index contributed by atoms with van der Waals surface area (Å²) in [5.41, 5.74) is 0. The van der Waals surface area contributed by atoms with Crippen LogP contribution in [0.5, 0.6) is 0 Å². The summed E-state index contributed by atoms with van der Waals surface area (Å²) in [6, 6.07) is 0. The van der Waals surface area contributed by atoms with E-state index in [0.717, 1.165) is 0 Å². The Morgan fingerprint density at radius 3 is 1.40 bits per heavy atom. The second-order valence-corrected chi connectivity index (χ2v) is 2.57. The van der Waals surface area contributed by atoms with Gasteiger partial charge in [-0.1, -0.05) is 0 Å². The van der Waals surface area contributed by atoms with Gasteiger partial charge in [-0.15, -0.1) is 0 Å². The lowest BCUT2D eigenvalue weighted by atomic mass is 10.3. The summed E-state index contributed by atoms with van der Waals surface area (Å²) in [5, 5.41) is 7.43. The van der Waals surface area contributed by atoms with Gasteiger partial charge in [-0.2, -0.15) is 30.7 Å². The summed E-state index contributed by atoms with van der Waals surface area (Å²) < 4.78 is 96.5. The second-order valence-electron chi connectivity index (χ2n) is 2.57. The van der Waals surface area contributed by atoms with Gasteiger partial charge >= 0.3 is 24.2 Å². The lowest BCUT2D eigenvalue weighted by Crippen LogP contribution is -2.52. The van der Waals surface area contributed by atoms with Crippen LogP contribution in [0.25, 0.3) is 0 Å². The van der Waals surface area contributed by atoms with Gasteiger partial charge in [-0.3, -0.25) is 4.74 Å². The minimum Gasteiger partial charge on any atom is -0.329 e. The first kappa shape index (κ1) is 14.4. The maximum absolute atomic E-state index is 12.4. The molecule has 1 atom stereocenters. The van der Waals surface area contributed by atoms with Gasteiger partial charge in [0, 0.05) is 6.92 Å². The van der Waals surface area contributed by atoms with Crippen LogP contribution in [0.4, 0.5) is 35.1 Å². The van der Waals surface area contributed by atoms with Gasteiger partial charge in [-0.25, -0.2) is 4.39 Å². The van der Waals surface area contributed by atoms with Crippen molar-refractivity contribution in [2.75, 3.05) is 0 Å². The van der Waals surface area contributed by atoms with Crippen molar-refractivity contribution in [1.82, 2.24) is 0 Å². The van der Waals surface area contributed by atoms with Gasteiger partial charge < -0.3 is 5.11 Å². The Kier molecular flexibility index (Phi) is 3.29. The van der Waals surface area contributed by atoms with E-state index in [-0.39, 0.29) is 0 Å². The molecule has 0 aliphatic heterocycles. The first-order valence-electron chi connectivity index (χ1n) is 3.14. The summed E-state index contributed by atoms with van der Waals surface area (Å²) in [5.74, 6) is -5.01. The molecule has 1 N–H and O–H groups in total. The maximum atomic E-state index is 12.4. The van der Waals surface area contributed by atoms with Crippen molar-refractivity contribution >= 4 is 0 Å². The first-order chi connectivity index (χ1) is 6.21. The SMILES string of the molecule is CC(F)(OC(F)(F)C(O)(F)F)C(F)(F)F. The van der Waals surface area contributed by atoms with E-state index in [0.29, 0.717) is 0 Å². The molecule has 0 bridgehead atoms. The molecule has 10 heteroatoms. The quantitative estimate of drug-likeness (QED) is 0.777. The van der Waals surface area contributed by atoms with Crippen molar-refractivity contribution in [1.29, 1.82) is 0 Å². The van der Waals surface area contributed by atoms with E-state index in [1.54, 1.807) is 0 Å². The summed E-state index contributed by atoms with van der Waals surface area (Å²) >= 11 is 0. The van der Waals surface area contributed by atoms with Gasteiger partial charge in [0.25, 0.3) is 0 Å². The molecule has 0 radical (unpaired) electrons. The molecule has 0 heterocycles. The highest BCUT2D eigenvalue weighted by Crippen LogP contribution is 2.43. The smallest absolute Gasteiger partial charge is 0.329 e. The second kappa shape index (κ2) is 3.44. The average Bonchev–Trinajstić information content (AvgIpc) is 1.77. The largest absolute Gasteiger partial charge is 0.451 e. The highest BCUT2D eigenvalue weighted by atomic mass is 19.4. The van der Waals surface area contributed by atoms with Crippen LogP contribution in [-0.2, 0) is 4.74 Å². The topological polar surface area (TPSA) is 29.5 Å². The predicted molar refractivity (Wildman–Crippen MR) is 28.8 cm³/mol. The van der Waals surface area contributed by atoms with E-state index in [1.165, 1.54) is 0 Å². The van der Waals surface area contributed by atoms with E-state index in [1.807, 2.05) is 0 Å². The zero-order chi connectivity index (χ0) is 12.7. The Morgan fingerprint density at radius 2 is 1.20 bits per heavy atom. The molecule has 0 aromatic heterocycles. The molecule has 0 saturated carbocycles. The minimum absolute atomic E-state index is 0.535. The van der Waals surface area contributed by atoms with Gasteiger partial charge in [0.1, 0.15) is 0 Å². The first-order valence-corrected chi connectivity index (χ1v) is 3.14. The van der Waals surface area contributed by atoms with E-state index in [4.69, 9.17) is 5.11 Å². The van der Waals surface area contributed by atoms with Crippen LogP contribution < -0.4 is 0 Å². The van der Waals surface area contributed by atoms with Crippen molar-refractivity contribution in [3.05, 3.63) is 0 Å². The standard InChI is InChI=1S/C5H4F8O2/c1-2(6,3(7,8)9)15-5(12,13)4(10,11)14/h14H,1H3. The van der Waals surface area contributed by atoms with Crippen LogP contribution in [-0.4, -0.2) is 29.4 Å². The minimum atomic E-state index is -5.99. The lowest BCUT2D eigenvalue weighted by molar-refractivity contribution is -0.481. The monoisotopic (exact) mass is 248 g/mol. The summed E-state index contributed by atoms with van der Waals surface area (Å²) in [4.78, 5) is 0. The Balaban J connectivity index is 4.89. The van der Waals surface area contributed by atoms with Crippen LogP contribution >= 0.6 is 0 Å². The summed E-state index contributed by atoms with van der Waals surface area (Å²) in [6.07, 6.45) is -17.9. The van der Waals surface area contributed by atoms with Crippen LogP contribution in [0.1, 0.15) is 6.92 Å². The zero-order valence-corrected chi connectivity index (χ0v) is 6.88. The van der Waals surface area contributed by atoms with Crippen LogP contribution in [0, 0.1) is 0 Å². The van der Waals surface area contributed by atoms with Crippen LogP contribution in [0.3, 0.4) is 0 Å². The number of ether oxygens (including phenoxy) is 1. The Labute approximate surface area is 77.4 Å². The Morgan fingerprint density at radius 1 is 0.867 bits per heavy atom. The van der Waals surface area contributed by atoms with Crippen LogP contribution in [0.15, 0.2) is 0 Å². The fourth-order valence-electron chi connectivity index (χ4n) is 0.360. The van der Waals surface area contributed by atoms with Gasteiger partial charge in [0.2, 0.25) is 0 Å². The van der Waals surface area contributed by atoms with E-state index >= 15 is 0 Å². The predicted octanol–water partition coefficient (Wildman–Crippen LogP) is 2.43. The molecule has 0 fully saturated rings. The third kappa shape index (κ3) is 3.16. The normalized spacial score (nSPS) is 18.8. The maximum Gasteiger partial charge on any atom is 0.451 e. The third-order valence-electron chi connectivity index (χ3n) is 1.18. The van der Waals surface area contributed by atoms with Crippen molar-refractivity contribution < 1.29 is 45.0 Å². The molecule has 0 aliphatic carbocycles. The van der Waals surface area contributed by atoms with E-state index < -0.39 is 31.2 Å². The molecular weight excluding hydrogens is 244 g/mol. The molecule has 0 saturated heterocycles. The van der Waals surface area contributed by atoms with Gasteiger partial charge in [0.05, 0.1) is 0 Å².